The first-order chi connectivity index (χ1) is 39.8. The summed E-state index contributed by atoms with van der Waals surface area (Å²) in [5.41, 5.74) is 25.4. The molecule has 0 saturated heterocycles. The molecular formula is C78H55N3. The Morgan fingerprint density at radius 1 is 0.185 bits per heavy atom. The maximum atomic E-state index is 2.47. The largest absolute Gasteiger partial charge is 0.309 e. The van der Waals surface area contributed by atoms with Gasteiger partial charge >= 0.3 is 0 Å². The number of rotatable bonds is 7. The van der Waals surface area contributed by atoms with Crippen LogP contribution in [0.4, 0.5) is 0 Å². The molecule has 13 aromatic carbocycles. The molecule has 0 aliphatic heterocycles. The third-order valence-electron chi connectivity index (χ3n) is 17.3. The molecule has 0 unspecified atom stereocenters. The summed E-state index contributed by atoms with van der Waals surface area (Å²) in [6.45, 7) is 8.69. The summed E-state index contributed by atoms with van der Waals surface area (Å²) in [5, 5.41) is 12.5. The third kappa shape index (κ3) is 7.43. The Morgan fingerprint density at radius 2 is 0.432 bits per heavy atom. The standard InChI is InChI=1S/C78H55N3/c1-48-18-30-58(31-19-48)79-71-36-22-50(3)42-65(71)67-44-54(26-38-73(67)79)56-28-40-75-69(46-56)70-47-57(55-27-39-74-68(45-55)66-43-51(4)23-37-72(66)80(74)59-32-20-49(2)21-33-59)29-41-76(70)81(75)60-34-24-53(25-35-60)78-63-16-10-8-14-61(63)77(52-12-6-5-7-13-52)62-15-9-11-17-64(62)78/h5-47H,1-4H3. The van der Waals surface area contributed by atoms with Crippen LogP contribution in [0, 0.1) is 27.7 Å². The number of benzene rings is 13. The van der Waals surface area contributed by atoms with E-state index in [0.29, 0.717) is 0 Å². The van der Waals surface area contributed by atoms with Crippen LogP contribution in [0.15, 0.2) is 261 Å². The zero-order valence-electron chi connectivity index (χ0n) is 45.7. The first-order valence-corrected chi connectivity index (χ1v) is 28.2. The number of aryl methyl sites for hydroxylation is 4. The second kappa shape index (κ2) is 18.2. The molecule has 81 heavy (non-hydrogen) atoms. The SMILES string of the molecule is Cc1ccc(-n2c3ccc(C)cc3c3cc(-c4ccc5c(c4)c4cc(-c6ccc7c(c6)c6cc(C)ccc6n7-c6ccc(C)cc6)ccc4n5-c4ccc(-c5c6ccccc6c(-c6ccccc6)c6ccccc56)cc4)ccc32)cc1. The topological polar surface area (TPSA) is 14.8 Å². The van der Waals surface area contributed by atoms with Crippen molar-refractivity contribution in [1.82, 2.24) is 13.7 Å². The van der Waals surface area contributed by atoms with Crippen LogP contribution >= 0.6 is 0 Å². The van der Waals surface area contributed by atoms with Crippen molar-refractivity contribution in [2.24, 2.45) is 0 Å². The highest BCUT2D eigenvalue weighted by Gasteiger charge is 2.21. The van der Waals surface area contributed by atoms with Crippen molar-refractivity contribution >= 4 is 87.0 Å². The van der Waals surface area contributed by atoms with Gasteiger partial charge in [0.2, 0.25) is 0 Å². The van der Waals surface area contributed by atoms with Gasteiger partial charge in [0.05, 0.1) is 33.1 Å². The predicted octanol–water partition coefficient (Wildman–Crippen LogP) is 21.2. The fraction of sp³-hybridized carbons (Fsp3) is 0.0513. The summed E-state index contributed by atoms with van der Waals surface area (Å²) >= 11 is 0. The van der Waals surface area contributed by atoms with Gasteiger partial charge in [-0.2, -0.15) is 0 Å². The van der Waals surface area contributed by atoms with E-state index >= 15 is 0 Å². The number of hydrogen-bond donors (Lipinski definition) is 0. The monoisotopic (exact) mass is 1030 g/mol. The Kier molecular flexibility index (Phi) is 10.5. The van der Waals surface area contributed by atoms with E-state index in [1.165, 1.54) is 165 Å². The Labute approximate surface area is 470 Å². The summed E-state index contributed by atoms with van der Waals surface area (Å²) in [7, 11) is 0. The molecule has 3 nitrogen and oxygen atoms in total. The van der Waals surface area contributed by atoms with Gasteiger partial charge in [0.1, 0.15) is 0 Å². The van der Waals surface area contributed by atoms with Gasteiger partial charge in [-0.05, 0) is 203 Å². The molecule has 0 radical (unpaired) electrons. The van der Waals surface area contributed by atoms with Crippen molar-refractivity contribution in [3.05, 3.63) is 283 Å². The number of hydrogen-bond acceptors (Lipinski definition) is 0. The van der Waals surface area contributed by atoms with Crippen molar-refractivity contribution in [1.29, 1.82) is 0 Å². The van der Waals surface area contributed by atoms with Crippen LogP contribution in [0.25, 0.3) is 149 Å². The summed E-state index contributed by atoms with van der Waals surface area (Å²) in [6, 6.07) is 97.8. The minimum Gasteiger partial charge on any atom is -0.309 e. The summed E-state index contributed by atoms with van der Waals surface area (Å²) in [5.74, 6) is 0. The molecule has 0 aliphatic carbocycles. The average Bonchev–Trinajstić information content (AvgIpc) is 4.38. The van der Waals surface area contributed by atoms with Gasteiger partial charge in [-0.25, -0.2) is 0 Å². The molecule has 0 atom stereocenters. The van der Waals surface area contributed by atoms with Crippen LogP contribution in [0.1, 0.15) is 22.3 Å². The Bertz CT molecular complexity index is 4940. The maximum absolute atomic E-state index is 2.47. The Balaban J connectivity index is 0.884. The van der Waals surface area contributed by atoms with Gasteiger partial charge in [0.15, 0.2) is 0 Å². The second-order valence-electron chi connectivity index (χ2n) is 22.4. The molecule has 0 aliphatic rings. The highest BCUT2D eigenvalue weighted by Crippen LogP contribution is 2.46. The van der Waals surface area contributed by atoms with Gasteiger partial charge in [-0.15, -0.1) is 0 Å². The summed E-state index contributed by atoms with van der Waals surface area (Å²) in [4.78, 5) is 0. The Hall–Kier alpha value is -10.2. The van der Waals surface area contributed by atoms with Gasteiger partial charge < -0.3 is 13.7 Å². The first kappa shape index (κ1) is 46.8. The van der Waals surface area contributed by atoms with E-state index < -0.39 is 0 Å². The van der Waals surface area contributed by atoms with Crippen LogP contribution in [0.2, 0.25) is 0 Å². The quantitative estimate of drug-likeness (QED) is 0.141. The molecule has 0 saturated carbocycles. The highest BCUT2D eigenvalue weighted by molar-refractivity contribution is 6.22. The average molecular weight is 1030 g/mol. The van der Waals surface area contributed by atoms with Gasteiger partial charge in [0.25, 0.3) is 0 Å². The smallest absolute Gasteiger partial charge is 0.0541 e. The second-order valence-corrected chi connectivity index (χ2v) is 22.4. The molecule has 3 heterocycles. The van der Waals surface area contributed by atoms with Crippen LogP contribution in [-0.2, 0) is 0 Å². The molecule has 0 N–H and O–H groups in total. The molecule has 3 aromatic heterocycles. The zero-order chi connectivity index (χ0) is 54.0. The van der Waals surface area contributed by atoms with Crippen molar-refractivity contribution in [3.8, 4) is 61.6 Å². The lowest BCUT2D eigenvalue weighted by Gasteiger charge is -2.18. The molecular weight excluding hydrogens is 979 g/mol. The van der Waals surface area contributed by atoms with Crippen molar-refractivity contribution < 1.29 is 0 Å². The minimum absolute atomic E-state index is 1.12. The van der Waals surface area contributed by atoms with Crippen LogP contribution < -0.4 is 0 Å². The van der Waals surface area contributed by atoms with Crippen LogP contribution in [-0.4, -0.2) is 13.7 Å². The number of fused-ring (bicyclic) bond motifs is 11. The fourth-order valence-corrected chi connectivity index (χ4v) is 13.4. The lowest BCUT2D eigenvalue weighted by Crippen LogP contribution is -1.95. The molecule has 16 rings (SSSR count). The molecule has 0 amide bonds. The van der Waals surface area contributed by atoms with E-state index in [-0.39, 0.29) is 0 Å². The highest BCUT2D eigenvalue weighted by atomic mass is 15.0. The lowest BCUT2D eigenvalue weighted by atomic mass is 9.86. The molecule has 382 valence electrons. The van der Waals surface area contributed by atoms with Crippen molar-refractivity contribution in [2.45, 2.75) is 27.7 Å². The van der Waals surface area contributed by atoms with E-state index in [2.05, 4.69) is 302 Å². The van der Waals surface area contributed by atoms with E-state index in [1.54, 1.807) is 0 Å². The van der Waals surface area contributed by atoms with E-state index in [4.69, 9.17) is 0 Å². The van der Waals surface area contributed by atoms with E-state index in [9.17, 15) is 0 Å². The summed E-state index contributed by atoms with van der Waals surface area (Å²) < 4.78 is 7.31. The molecule has 16 aromatic rings. The number of nitrogens with zero attached hydrogens (tertiary/aromatic N) is 3. The molecule has 3 heteroatoms. The van der Waals surface area contributed by atoms with Gasteiger partial charge in [-0.3, -0.25) is 0 Å². The molecule has 0 bridgehead atoms. The van der Waals surface area contributed by atoms with Gasteiger partial charge in [0, 0.05) is 49.4 Å². The predicted molar refractivity (Wildman–Crippen MR) is 345 cm³/mol. The molecule has 0 fully saturated rings. The fourth-order valence-electron chi connectivity index (χ4n) is 13.4. The van der Waals surface area contributed by atoms with E-state index in [0.717, 1.165) is 5.69 Å². The van der Waals surface area contributed by atoms with Crippen molar-refractivity contribution in [2.75, 3.05) is 0 Å². The molecule has 0 spiro atoms. The number of aromatic nitrogens is 3. The van der Waals surface area contributed by atoms with Crippen LogP contribution in [0.3, 0.4) is 0 Å². The van der Waals surface area contributed by atoms with E-state index in [1.807, 2.05) is 0 Å². The lowest BCUT2D eigenvalue weighted by molar-refractivity contribution is 1.17. The normalized spacial score (nSPS) is 12.0. The Morgan fingerprint density at radius 3 is 0.765 bits per heavy atom. The first-order valence-electron chi connectivity index (χ1n) is 28.2. The van der Waals surface area contributed by atoms with Crippen molar-refractivity contribution in [3.63, 3.8) is 0 Å². The van der Waals surface area contributed by atoms with Gasteiger partial charge in [-0.1, -0.05) is 174 Å². The third-order valence-corrected chi connectivity index (χ3v) is 17.3. The minimum atomic E-state index is 1.12. The van der Waals surface area contributed by atoms with Crippen LogP contribution in [0.5, 0.6) is 0 Å². The summed E-state index contributed by atoms with van der Waals surface area (Å²) in [6.07, 6.45) is 0. The zero-order valence-corrected chi connectivity index (χ0v) is 45.7. The maximum Gasteiger partial charge on any atom is 0.0541 e.